The normalized spacial score (nSPS) is 25.0. The zero-order valence-electron chi connectivity index (χ0n) is 17.4. The summed E-state index contributed by atoms with van der Waals surface area (Å²) in [6.07, 6.45) is 6.30. The first-order valence-electron chi connectivity index (χ1n) is 10.5. The van der Waals surface area contributed by atoms with Gasteiger partial charge in [0.1, 0.15) is 16.8 Å². The van der Waals surface area contributed by atoms with E-state index in [-0.39, 0.29) is 10.5 Å². The van der Waals surface area contributed by atoms with E-state index in [9.17, 15) is 8.60 Å². The second-order valence-electron chi connectivity index (χ2n) is 8.45. The molecule has 29 heavy (non-hydrogen) atoms. The molecule has 7 heteroatoms. The van der Waals surface area contributed by atoms with E-state index >= 15 is 0 Å². The summed E-state index contributed by atoms with van der Waals surface area (Å²) in [6, 6.07) is 5.86. The monoisotopic (exact) mass is 422 g/mol. The Morgan fingerprint density at radius 2 is 2.07 bits per heavy atom. The van der Waals surface area contributed by atoms with Crippen molar-refractivity contribution in [2.75, 3.05) is 32.9 Å². The maximum Gasteiger partial charge on any atom is 0.140 e. The number of nitrogens with zero attached hydrogens (tertiary/aromatic N) is 2. The Kier molecular flexibility index (Phi) is 7.80. The van der Waals surface area contributed by atoms with Gasteiger partial charge in [-0.05, 0) is 49.3 Å². The Balaban J connectivity index is 0.000000224. The summed E-state index contributed by atoms with van der Waals surface area (Å²) in [5.74, 6) is 0.956. The molecule has 1 spiro atoms. The molecule has 3 aliphatic rings. The fraction of sp³-hybridized carbons (Fsp3) is 0.682. The van der Waals surface area contributed by atoms with Crippen LogP contribution in [-0.2, 0) is 20.5 Å². The van der Waals surface area contributed by atoms with E-state index in [1.807, 2.05) is 6.07 Å². The van der Waals surface area contributed by atoms with Gasteiger partial charge in [0.2, 0.25) is 0 Å². The minimum Gasteiger partial charge on any atom is -0.381 e. The Morgan fingerprint density at radius 1 is 1.34 bits per heavy atom. The van der Waals surface area contributed by atoms with Crippen molar-refractivity contribution in [1.29, 1.82) is 5.26 Å². The van der Waals surface area contributed by atoms with Gasteiger partial charge in [0, 0.05) is 26.3 Å². The van der Waals surface area contributed by atoms with Crippen LogP contribution in [0.2, 0.25) is 0 Å². The third kappa shape index (κ3) is 5.64. The van der Waals surface area contributed by atoms with Crippen LogP contribution in [0.25, 0.3) is 0 Å². The lowest BCUT2D eigenvalue weighted by Crippen LogP contribution is -2.61. The molecule has 1 aromatic carbocycles. The Labute approximate surface area is 175 Å². The second-order valence-corrected chi connectivity index (χ2v) is 9.91. The first-order chi connectivity index (χ1) is 14.0. The summed E-state index contributed by atoms with van der Waals surface area (Å²) in [5, 5.41) is 8.84. The van der Waals surface area contributed by atoms with Gasteiger partial charge in [-0.25, -0.2) is 12.9 Å². The van der Waals surface area contributed by atoms with Crippen LogP contribution in [0.1, 0.15) is 51.5 Å². The van der Waals surface area contributed by atoms with Crippen molar-refractivity contribution >= 4 is 11.0 Å². The van der Waals surface area contributed by atoms with Gasteiger partial charge in [-0.2, -0.15) is 5.26 Å². The summed E-state index contributed by atoms with van der Waals surface area (Å²) < 4.78 is 38.8. The first kappa shape index (κ1) is 22.4. The van der Waals surface area contributed by atoms with Crippen molar-refractivity contribution in [1.82, 2.24) is 4.31 Å². The minimum atomic E-state index is -1.57. The van der Waals surface area contributed by atoms with E-state index in [2.05, 4.69) is 13.8 Å². The summed E-state index contributed by atoms with van der Waals surface area (Å²) in [6.45, 7) is 8.24. The molecule has 5 nitrogen and oxygen atoms in total. The second kappa shape index (κ2) is 10.1. The van der Waals surface area contributed by atoms with E-state index in [0.717, 1.165) is 32.2 Å². The highest BCUT2D eigenvalue weighted by atomic mass is 32.2. The average Bonchev–Trinajstić information content (AvgIpc) is 3.10. The topological polar surface area (TPSA) is 62.6 Å². The molecule has 0 aliphatic carbocycles. The highest BCUT2D eigenvalue weighted by Crippen LogP contribution is 2.39. The lowest BCUT2D eigenvalue weighted by Gasteiger charge is -2.45. The quantitative estimate of drug-likeness (QED) is 0.735. The number of rotatable bonds is 4. The molecule has 0 saturated carbocycles. The third-order valence-corrected chi connectivity index (χ3v) is 7.26. The smallest absolute Gasteiger partial charge is 0.140 e. The van der Waals surface area contributed by atoms with Crippen LogP contribution in [0.4, 0.5) is 4.39 Å². The van der Waals surface area contributed by atoms with Crippen molar-refractivity contribution in [3.63, 3.8) is 0 Å². The fourth-order valence-corrected chi connectivity index (χ4v) is 5.74. The molecule has 3 heterocycles. The molecule has 3 aliphatic heterocycles. The van der Waals surface area contributed by atoms with E-state index in [1.165, 1.54) is 43.9 Å². The van der Waals surface area contributed by atoms with Gasteiger partial charge >= 0.3 is 0 Å². The maximum atomic E-state index is 13.7. The molecule has 2 unspecified atom stereocenters. The molecule has 0 N–H and O–H groups in total. The van der Waals surface area contributed by atoms with Crippen LogP contribution in [0.5, 0.6) is 0 Å². The number of hydrogen-bond acceptors (Lipinski definition) is 4. The molecule has 1 aromatic rings. The first-order valence-corrected chi connectivity index (χ1v) is 11.6. The van der Waals surface area contributed by atoms with Gasteiger partial charge in [-0.3, -0.25) is 0 Å². The highest BCUT2D eigenvalue weighted by Gasteiger charge is 2.50. The molecule has 4 rings (SSSR count). The number of hydrogen-bond donors (Lipinski definition) is 0. The number of nitriles is 1. The van der Waals surface area contributed by atoms with E-state index in [4.69, 9.17) is 14.7 Å². The average molecular weight is 423 g/mol. The Morgan fingerprint density at radius 3 is 2.66 bits per heavy atom. The highest BCUT2D eigenvalue weighted by molar-refractivity contribution is 7.82. The fourth-order valence-electron chi connectivity index (χ4n) is 4.30. The molecule has 0 aromatic heterocycles. The predicted octanol–water partition coefficient (Wildman–Crippen LogP) is 4.04. The summed E-state index contributed by atoms with van der Waals surface area (Å²) in [4.78, 5) is 0.0740. The van der Waals surface area contributed by atoms with Gasteiger partial charge in [-0.15, -0.1) is 0 Å². The van der Waals surface area contributed by atoms with Crippen molar-refractivity contribution in [2.24, 2.45) is 11.8 Å². The number of ether oxygens (including phenoxy) is 2. The maximum absolute atomic E-state index is 13.7. The van der Waals surface area contributed by atoms with Crippen molar-refractivity contribution in [2.45, 2.75) is 56.4 Å². The minimum absolute atomic E-state index is 0.0740. The standard InChI is InChI=1S/C14H15FN2O2S.C8H16O/c1-10-5-14(19-7-10)8-17(9-14)20(18)13-4-11(6-16)2-3-12(13)15;1-2-3-8-4-6-9-7-5-8/h2-4,10H,5,7-9H2,1H3;8H,2-7H2,1H3. The zero-order chi connectivity index (χ0) is 20.9. The molecule has 0 radical (unpaired) electrons. The SMILES string of the molecule is CC1COC2(C1)CN(S(=O)c1cc(C#N)ccc1F)C2.CCCC1CCOCC1. The van der Waals surface area contributed by atoms with Crippen molar-refractivity contribution in [3.8, 4) is 6.07 Å². The van der Waals surface area contributed by atoms with Crippen LogP contribution in [0.15, 0.2) is 23.1 Å². The molecular weight excluding hydrogens is 391 g/mol. The number of halogens is 1. The van der Waals surface area contributed by atoms with Gasteiger partial charge < -0.3 is 9.47 Å². The Bertz CT molecular complexity index is 752. The molecule has 0 amide bonds. The summed E-state index contributed by atoms with van der Waals surface area (Å²) in [5.41, 5.74) is 0.119. The van der Waals surface area contributed by atoms with Crippen LogP contribution in [0.3, 0.4) is 0 Å². The van der Waals surface area contributed by atoms with Crippen LogP contribution >= 0.6 is 0 Å². The molecule has 3 fully saturated rings. The molecule has 3 saturated heterocycles. The van der Waals surface area contributed by atoms with Gasteiger partial charge in [0.25, 0.3) is 0 Å². The molecular formula is C22H31FN2O3S. The molecule has 160 valence electrons. The van der Waals surface area contributed by atoms with E-state index in [0.29, 0.717) is 24.6 Å². The van der Waals surface area contributed by atoms with Gasteiger partial charge in [0.15, 0.2) is 0 Å². The van der Waals surface area contributed by atoms with Crippen LogP contribution < -0.4 is 0 Å². The lowest BCUT2D eigenvalue weighted by molar-refractivity contribution is -0.0756. The van der Waals surface area contributed by atoms with Gasteiger partial charge in [0.05, 0.1) is 28.7 Å². The number of benzene rings is 1. The summed E-state index contributed by atoms with van der Waals surface area (Å²) in [7, 11) is -1.57. The Hall–Kier alpha value is -1.33. The van der Waals surface area contributed by atoms with Crippen molar-refractivity contribution < 1.29 is 18.1 Å². The van der Waals surface area contributed by atoms with E-state index < -0.39 is 16.8 Å². The van der Waals surface area contributed by atoms with E-state index in [1.54, 1.807) is 4.31 Å². The largest absolute Gasteiger partial charge is 0.381 e. The lowest BCUT2D eigenvalue weighted by atomic mass is 9.90. The zero-order valence-corrected chi connectivity index (χ0v) is 18.2. The van der Waals surface area contributed by atoms with Crippen LogP contribution in [0, 0.1) is 29.0 Å². The van der Waals surface area contributed by atoms with Gasteiger partial charge in [-0.1, -0.05) is 26.7 Å². The van der Waals surface area contributed by atoms with Crippen LogP contribution in [-0.4, -0.2) is 47.0 Å². The predicted molar refractivity (Wildman–Crippen MR) is 110 cm³/mol. The summed E-state index contributed by atoms with van der Waals surface area (Å²) >= 11 is 0. The molecule has 2 atom stereocenters. The third-order valence-electron chi connectivity index (χ3n) is 5.84. The van der Waals surface area contributed by atoms with Crippen molar-refractivity contribution in [3.05, 3.63) is 29.6 Å². The molecule has 0 bridgehead atoms.